The van der Waals surface area contributed by atoms with Crippen LogP contribution < -0.4 is 15.4 Å². The van der Waals surface area contributed by atoms with Gasteiger partial charge in [-0.25, -0.2) is 4.98 Å². The Kier molecular flexibility index (Phi) is 7.89. The van der Waals surface area contributed by atoms with Gasteiger partial charge in [-0.15, -0.1) is 11.3 Å². The second-order valence-corrected chi connectivity index (χ2v) is 8.57. The Morgan fingerprint density at radius 2 is 2.00 bits per heavy atom. The fourth-order valence-electron chi connectivity index (χ4n) is 3.68. The summed E-state index contributed by atoms with van der Waals surface area (Å²) < 4.78 is 5.64. The normalized spacial score (nSPS) is 16.2. The zero-order chi connectivity index (χ0) is 20.6. The lowest BCUT2D eigenvalue weighted by Gasteiger charge is -2.30. The molecule has 0 spiro atoms. The maximum absolute atomic E-state index is 5.64. The van der Waals surface area contributed by atoms with Crippen molar-refractivity contribution >= 4 is 17.3 Å². The molecule has 2 heterocycles. The van der Waals surface area contributed by atoms with E-state index in [1.54, 1.807) is 18.4 Å². The Bertz CT molecular complexity index is 798. The first-order chi connectivity index (χ1) is 14.1. The van der Waals surface area contributed by atoms with Crippen LogP contribution in [0.3, 0.4) is 0 Å². The Morgan fingerprint density at radius 3 is 2.66 bits per heavy atom. The van der Waals surface area contributed by atoms with E-state index in [2.05, 4.69) is 51.9 Å². The Balaban J connectivity index is 1.64. The molecule has 6 nitrogen and oxygen atoms in total. The molecule has 29 heavy (non-hydrogen) atoms. The molecule has 7 heteroatoms. The first kappa shape index (κ1) is 21.6. The van der Waals surface area contributed by atoms with Crippen molar-refractivity contribution in [3.8, 4) is 5.75 Å². The first-order valence-electron chi connectivity index (χ1n) is 10.4. The zero-order valence-electron chi connectivity index (χ0n) is 17.9. The van der Waals surface area contributed by atoms with Gasteiger partial charge in [0.2, 0.25) is 0 Å². The highest BCUT2D eigenvalue weighted by atomic mass is 32.1. The van der Waals surface area contributed by atoms with Gasteiger partial charge in [0.1, 0.15) is 10.8 Å². The van der Waals surface area contributed by atoms with Crippen LogP contribution >= 0.6 is 11.3 Å². The van der Waals surface area contributed by atoms with E-state index in [1.165, 1.54) is 18.4 Å². The molecule has 0 bridgehead atoms. The number of nitrogens with one attached hydrogen (secondary N) is 2. The number of aliphatic imine (C=N–C) groups is 1. The van der Waals surface area contributed by atoms with Crippen molar-refractivity contribution in [2.75, 3.05) is 33.8 Å². The van der Waals surface area contributed by atoms with Crippen molar-refractivity contribution in [3.63, 3.8) is 0 Å². The van der Waals surface area contributed by atoms with Gasteiger partial charge >= 0.3 is 0 Å². The number of para-hydroxylation sites is 1. The first-order valence-corrected chi connectivity index (χ1v) is 11.3. The second kappa shape index (κ2) is 10.6. The lowest BCUT2D eigenvalue weighted by molar-refractivity contribution is 0.239. The predicted octanol–water partition coefficient (Wildman–Crippen LogP) is 3.78. The van der Waals surface area contributed by atoms with Crippen LogP contribution in [0.25, 0.3) is 0 Å². The highest BCUT2D eigenvalue weighted by Gasteiger charge is 2.26. The van der Waals surface area contributed by atoms with E-state index in [0.29, 0.717) is 12.5 Å². The highest BCUT2D eigenvalue weighted by molar-refractivity contribution is 7.09. The Morgan fingerprint density at radius 1 is 1.24 bits per heavy atom. The van der Waals surface area contributed by atoms with Gasteiger partial charge < -0.3 is 15.4 Å². The molecule has 1 fully saturated rings. The quantitative estimate of drug-likeness (QED) is 0.508. The topological polar surface area (TPSA) is 61.8 Å². The van der Waals surface area contributed by atoms with Crippen LogP contribution in [0.2, 0.25) is 0 Å². The van der Waals surface area contributed by atoms with Crippen LogP contribution in [0, 0.1) is 0 Å². The van der Waals surface area contributed by atoms with Gasteiger partial charge in [-0.3, -0.25) is 9.89 Å². The maximum atomic E-state index is 5.64. The summed E-state index contributed by atoms with van der Waals surface area (Å²) in [6.07, 6.45) is 2.50. The summed E-state index contributed by atoms with van der Waals surface area (Å²) in [7, 11) is 3.55. The van der Waals surface area contributed by atoms with Crippen LogP contribution in [0.5, 0.6) is 5.75 Å². The summed E-state index contributed by atoms with van der Waals surface area (Å²) in [4.78, 5) is 11.6. The van der Waals surface area contributed by atoms with E-state index in [-0.39, 0.29) is 6.04 Å². The minimum atomic E-state index is 0.250. The van der Waals surface area contributed by atoms with Crippen molar-refractivity contribution in [1.29, 1.82) is 0 Å². The van der Waals surface area contributed by atoms with Gasteiger partial charge in [0.15, 0.2) is 5.96 Å². The zero-order valence-corrected chi connectivity index (χ0v) is 18.8. The van der Waals surface area contributed by atoms with Crippen LogP contribution in [0.1, 0.15) is 54.9 Å². The predicted molar refractivity (Wildman–Crippen MR) is 121 cm³/mol. The molecular formula is C22H33N5OS. The summed E-state index contributed by atoms with van der Waals surface area (Å²) >= 11 is 1.70. The SMILES string of the molecule is CN=C(NCc1nc(C(C)C)cs1)NCC(c1ccccc1OC)N1CCCC1. The molecule has 0 aliphatic carbocycles. The molecule has 1 atom stereocenters. The monoisotopic (exact) mass is 415 g/mol. The molecule has 0 radical (unpaired) electrons. The summed E-state index contributed by atoms with van der Waals surface area (Å²) in [5.74, 6) is 2.20. The largest absolute Gasteiger partial charge is 0.496 e. The lowest BCUT2D eigenvalue weighted by atomic mass is 10.0. The molecule has 2 aromatic rings. The van der Waals surface area contributed by atoms with E-state index >= 15 is 0 Å². The van der Waals surface area contributed by atoms with E-state index in [0.717, 1.165) is 42.0 Å². The molecule has 0 amide bonds. The fourth-order valence-corrected chi connectivity index (χ4v) is 4.57. The maximum Gasteiger partial charge on any atom is 0.191 e. The molecule has 1 aliphatic rings. The minimum absolute atomic E-state index is 0.250. The van der Waals surface area contributed by atoms with Gasteiger partial charge in [0.05, 0.1) is 25.4 Å². The number of thiazole rings is 1. The number of likely N-dealkylation sites (tertiary alicyclic amines) is 1. The van der Waals surface area contributed by atoms with Crippen LogP contribution in [0.15, 0.2) is 34.6 Å². The van der Waals surface area contributed by atoms with Crippen molar-refractivity contribution in [2.24, 2.45) is 4.99 Å². The third-order valence-corrected chi connectivity index (χ3v) is 6.20. The number of nitrogens with zero attached hydrogens (tertiary/aromatic N) is 3. The summed E-state index contributed by atoms with van der Waals surface area (Å²) in [5, 5.41) is 10.1. The van der Waals surface area contributed by atoms with E-state index in [4.69, 9.17) is 9.72 Å². The average molecular weight is 416 g/mol. The smallest absolute Gasteiger partial charge is 0.191 e. The standard InChI is InChI=1S/C22H33N5OS/c1-16(2)18-15-29-21(26-18)14-25-22(23-3)24-13-19(27-11-7-8-12-27)17-9-5-6-10-20(17)28-4/h5-6,9-10,15-16,19H,7-8,11-14H2,1-4H3,(H2,23,24,25). The van der Waals surface area contributed by atoms with Crippen LogP contribution in [-0.2, 0) is 6.54 Å². The summed E-state index contributed by atoms with van der Waals surface area (Å²) in [6, 6.07) is 8.57. The van der Waals surface area contributed by atoms with Gasteiger partial charge in [-0.1, -0.05) is 32.0 Å². The van der Waals surface area contributed by atoms with Crippen molar-refractivity contribution in [3.05, 3.63) is 45.9 Å². The molecule has 1 aliphatic heterocycles. The van der Waals surface area contributed by atoms with Crippen LogP contribution in [0.4, 0.5) is 0 Å². The third kappa shape index (κ3) is 5.70. The number of rotatable bonds is 8. The average Bonchev–Trinajstić information content (AvgIpc) is 3.43. The van der Waals surface area contributed by atoms with Crippen molar-refractivity contribution in [2.45, 2.75) is 45.2 Å². The molecular weight excluding hydrogens is 382 g/mol. The molecule has 1 aromatic heterocycles. The molecule has 2 N–H and O–H groups in total. The van der Waals surface area contributed by atoms with E-state index < -0.39 is 0 Å². The van der Waals surface area contributed by atoms with Crippen molar-refractivity contribution < 1.29 is 4.74 Å². The number of aromatic nitrogens is 1. The summed E-state index contributed by atoms with van der Waals surface area (Å²) in [5.41, 5.74) is 2.38. The molecule has 1 unspecified atom stereocenters. The lowest BCUT2D eigenvalue weighted by Crippen LogP contribution is -2.42. The van der Waals surface area contributed by atoms with Gasteiger partial charge in [-0.05, 0) is 37.9 Å². The third-order valence-electron chi connectivity index (χ3n) is 5.33. The molecule has 1 saturated heterocycles. The number of guanidine groups is 1. The molecule has 1 aromatic carbocycles. The molecule has 0 saturated carbocycles. The second-order valence-electron chi connectivity index (χ2n) is 7.63. The Labute approximate surface area is 178 Å². The molecule has 3 rings (SSSR count). The van der Waals surface area contributed by atoms with Crippen molar-refractivity contribution in [1.82, 2.24) is 20.5 Å². The number of hydrogen-bond acceptors (Lipinski definition) is 5. The fraction of sp³-hybridized carbons (Fsp3) is 0.545. The van der Waals surface area contributed by atoms with Gasteiger partial charge in [0.25, 0.3) is 0 Å². The Hall–Kier alpha value is -2.12. The van der Waals surface area contributed by atoms with E-state index in [9.17, 15) is 0 Å². The number of ether oxygens (including phenoxy) is 1. The van der Waals surface area contributed by atoms with Gasteiger partial charge in [0, 0.05) is 24.5 Å². The highest BCUT2D eigenvalue weighted by Crippen LogP contribution is 2.31. The minimum Gasteiger partial charge on any atom is -0.496 e. The molecule has 158 valence electrons. The van der Waals surface area contributed by atoms with Crippen LogP contribution in [-0.4, -0.2) is 49.6 Å². The van der Waals surface area contributed by atoms with Gasteiger partial charge in [-0.2, -0.15) is 0 Å². The number of benzene rings is 1. The van der Waals surface area contributed by atoms with E-state index in [1.807, 2.05) is 19.2 Å². The summed E-state index contributed by atoms with van der Waals surface area (Å²) in [6.45, 7) is 8.03. The number of hydrogen-bond donors (Lipinski definition) is 2. The number of methoxy groups -OCH3 is 1.